The van der Waals surface area contributed by atoms with Crippen LogP contribution >= 0.6 is 27.3 Å². The fraction of sp³-hybridized carbons (Fsp3) is 0.111. The van der Waals surface area contributed by atoms with Crippen molar-refractivity contribution in [2.45, 2.75) is 6.54 Å². The molecule has 0 aliphatic carbocycles. The Hall–Kier alpha value is -1.14. The molecule has 0 radical (unpaired) electrons. The van der Waals surface area contributed by atoms with Crippen molar-refractivity contribution in [3.8, 4) is 0 Å². The first-order chi connectivity index (χ1) is 7.16. The molecule has 0 aliphatic heterocycles. The third kappa shape index (κ3) is 2.27. The maximum Gasteiger partial charge on any atom is 0.337 e. The van der Waals surface area contributed by atoms with E-state index in [-0.39, 0.29) is 5.56 Å². The van der Waals surface area contributed by atoms with Crippen LogP contribution in [0.1, 0.15) is 15.4 Å². The lowest BCUT2D eigenvalue weighted by Crippen LogP contribution is -1.98. The summed E-state index contributed by atoms with van der Waals surface area (Å²) in [6.45, 7) is 0.589. The van der Waals surface area contributed by atoms with Crippen LogP contribution in [0.4, 0.5) is 0 Å². The van der Waals surface area contributed by atoms with Crippen LogP contribution in [-0.4, -0.2) is 20.6 Å². The first-order valence-corrected chi connectivity index (χ1v) is 5.81. The fourth-order valence-electron chi connectivity index (χ4n) is 1.19. The van der Waals surface area contributed by atoms with E-state index < -0.39 is 5.97 Å². The van der Waals surface area contributed by atoms with E-state index in [1.807, 2.05) is 9.95 Å². The first kappa shape index (κ1) is 10.4. The minimum atomic E-state index is -0.923. The monoisotopic (exact) mass is 286 g/mol. The number of rotatable bonds is 3. The number of aromatic carboxylic acids is 1. The van der Waals surface area contributed by atoms with Crippen molar-refractivity contribution in [1.29, 1.82) is 0 Å². The van der Waals surface area contributed by atoms with Crippen molar-refractivity contribution in [3.63, 3.8) is 0 Å². The Morgan fingerprint density at radius 2 is 2.47 bits per heavy atom. The second-order valence-corrected chi connectivity index (χ2v) is 4.70. The van der Waals surface area contributed by atoms with Crippen LogP contribution in [0.25, 0.3) is 0 Å². The number of carboxylic acids is 1. The molecule has 0 unspecified atom stereocenters. The normalized spacial score (nSPS) is 10.5. The molecular weight excluding hydrogens is 280 g/mol. The molecule has 15 heavy (non-hydrogen) atoms. The molecule has 2 aromatic heterocycles. The second kappa shape index (κ2) is 4.16. The van der Waals surface area contributed by atoms with Crippen molar-refractivity contribution < 1.29 is 9.90 Å². The zero-order valence-corrected chi connectivity index (χ0v) is 9.96. The highest BCUT2D eigenvalue weighted by Crippen LogP contribution is 2.18. The summed E-state index contributed by atoms with van der Waals surface area (Å²) >= 11 is 4.85. The van der Waals surface area contributed by atoms with Crippen LogP contribution in [-0.2, 0) is 6.54 Å². The zero-order valence-electron chi connectivity index (χ0n) is 7.55. The van der Waals surface area contributed by atoms with Crippen LogP contribution in [0.5, 0.6) is 0 Å². The van der Waals surface area contributed by atoms with Crippen molar-refractivity contribution in [3.05, 3.63) is 39.0 Å². The van der Waals surface area contributed by atoms with Crippen molar-refractivity contribution >= 4 is 33.2 Å². The number of thiazole rings is 1. The molecule has 6 heteroatoms. The molecule has 0 saturated heterocycles. The molecule has 78 valence electrons. The summed E-state index contributed by atoms with van der Waals surface area (Å²) in [5.74, 6) is -0.923. The fourth-order valence-corrected chi connectivity index (χ4v) is 2.28. The number of hydrogen-bond donors (Lipinski definition) is 1. The van der Waals surface area contributed by atoms with Gasteiger partial charge in [-0.15, -0.1) is 11.3 Å². The van der Waals surface area contributed by atoms with Crippen LogP contribution in [0.15, 0.2) is 28.4 Å². The Morgan fingerprint density at radius 3 is 3.00 bits per heavy atom. The predicted octanol–water partition coefficient (Wildman–Crippen LogP) is 2.45. The maximum atomic E-state index is 10.7. The van der Waals surface area contributed by atoms with Crippen LogP contribution in [0, 0.1) is 0 Å². The van der Waals surface area contributed by atoms with E-state index in [1.54, 1.807) is 29.8 Å². The smallest absolute Gasteiger partial charge is 0.337 e. The van der Waals surface area contributed by atoms with Crippen molar-refractivity contribution in [2.75, 3.05) is 0 Å². The highest BCUT2D eigenvalue weighted by Gasteiger charge is 2.09. The number of carbonyl (C=O) groups is 1. The molecule has 4 nitrogen and oxygen atoms in total. The Labute approximate surface area is 98.3 Å². The van der Waals surface area contributed by atoms with E-state index in [0.717, 1.165) is 9.61 Å². The Balaban J connectivity index is 2.25. The Bertz CT molecular complexity index is 478. The summed E-state index contributed by atoms with van der Waals surface area (Å²) in [5.41, 5.74) is 0.276. The highest BCUT2D eigenvalue weighted by molar-refractivity contribution is 9.10. The molecule has 0 aromatic carbocycles. The molecule has 0 bridgehead atoms. The molecule has 2 aromatic rings. The average Bonchev–Trinajstić information content (AvgIpc) is 2.77. The minimum Gasteiger partial charge on any atom is -0.478 e. The maximum absolute atomic E-state index is 10.7. The number of aromatic nitrogens is 2. The molecule has 2 rings (SSSR count). The first-order valence-electron chi connectivity index (χ1n) is 4.14. The van der Waals surface area contributed by atoms with Gasteiger partial charge in [-0.3, -0.25) is 0 Å². The topological polar surface area (TPSA) is 55.1 Å². The average molecular weight is 287 g/mol. The molecule has 0 spiro atoms. The molecule has 0 aliphatic rings. The van der Waals surface area contributed by atoms with Gasteiger partial charge in [0.15, 0.2) is 0 Å². The molecule has 1 N–H and O–H groups in total. The summed E-state index contributed by atoms with van der Waals surface area (Å²) in [4.78, 5) is 14.9. The van der Waals surface area contributed by atoms with E-state index in [4.69, 9.17) is 5.11 Å². The van der Waals surface area contributed by atoms with Gasteiger partial charge in [0.2, 0.25) is 0 Å². The van der Waals surface area contributed by atoms with Crippen LogP contribution in [0.3, 0.4) is 0 Å². The van der Waals surface area contributed by atoms with E-state index in [9.17, 15) is 4.79 Å². The van der Waals surface area contributed by atoms with Crippen LogP contribution < -0.4 is 0 Å². The molecular formula is C9H7BrN2O2S. The number of carboxylic acid groups (broad SMARTS) is 1. The van der Waals surface area contributed by atoms with E-state index in [0.29, 0.717) is 6.54 Å². The van der Waals surface area contributed by atoms with Gasteiger partial charge in [0.1, 0.15) is 5.01 Å². The van der Waals surface area contributed by atoms with E-state index in [2.05, 4.69) is 20.9 Å². The van der Waals surface area contributed by atoms with Gasteiger partial charge in [-0.05, 0) is 22.0 Å². The third-order valence-corrected chi connectivity index (χ3v) is 3.33. The quantitative estimate of drug-likeness (QED) is 0.943. The van der Waals surface area contributed by atoms with Crippen LogP contribution in [0.2, 0.25) is 0 Å². The van der Waals surface area contributed by atoms with Crippen molar-refractivity contribution in [1.82, 2.24) is 9.55 Å². The summed E-state index contributed by atoms with van der Waals surface area (Å²) in [6.07, 6.45) is 3.32. The van der Waals surface area contributed by atoms with E-state index >= 15 is 0 Å². The van der Waals surface area contributed by atoms with Gasteiger partial charge in [-0.2, -0.15) is 0 Å². The summed E-state index contributed by atoms with van der Waals surface area (Å²) < 4.78 is 2.55. The largest absolute Gasteiger partial charge is 0.478 e. The van der Waals surface area contributed by atoms with Gasteiger partial charge in [-0.25, -0.2) is 9.78 Å². The van der Waals surface area contributed by atoms with Gasteiger partial charge >= 0.3 is 5.97 Å². The number of hydrogen-bond acceptors (Lipinski definition) is 3. The molecule has 0 atom stereocenters. The minimum absolute atomic E-state index is 0.276. The summed E-state index contributed by atoms with van der Waals surface area (Å²) in [6, 6.07) is 1.58. The van der Waals surface area contributed by atoms with Gasteiger partial charge in [0.25, 0.3) is 0 Å². The summed E-state index contributed by atoms with van der Waals surface area (Å²) in [5, 5.41) is 11.6. The summed E-state index contributed by atoms with van der Waals surface area (Å²) in [7, 11) is 0. The van der Waals surface area contributed by atoms with E-state index in [1.165, 1.54) is 0 Å². The number of halogens is 1. The standard InChI is InChI=1S/C9H7BrN2O2S/c10-7-3-6(9(13)14)4-12(7)5-8-11-1-2-15-8/h1-4H,5H2,(H,13,14). The predicted molar refractivity (Wildman–Crippen MR) is 60.3 cm³/mol. The lowest BCUT2D eigenvalue weighted by atomic mass is 10.4. The number of nitrogens with zero attached hydrogens (tertiary/aromatic N) is 2. The molecule has 0 amide bonds. The van der Waals surface area contributed by atoms with Gasteiger partial charge in [-0.1, -0.05) is 0 Å². The van der Waals surface area contributed by atoms with Gasteiger partial charge in [0.05, 0.1) is 16.7 Å². The zero-order chi connectivity index (χ0) is 10.8. The second-order valence-electron chi connectivity index (χ2n) is 2.91. The SMILES string of the molecule is O=C(O)c1cc(Br)n(Cc2nccs2)c1. The third-order valence-electron chi connectivity index (χ3n) is 1.88. The van der Waals surface area contributed by atoms with Gasteiger partial charge < -0.3 is 9.67 Å². The lowest BCUT2D eigenvalue weighted by Gasteiger charge is -2.00. The molecule has 0 saturated carbocycles. The highest BCUT2D eigenvalue weighted by atomic mass is 79.9. The Kier molecular flexibility index (Phi) is 2.88. The molecule has 0 fully saturated rings. The lowest BCUT2D eigenvalue weighted by molar-refractivity contribution is 0.0697. The van der Waals surface area contributed by atoms with Gasteiger partial charge in [0, 0.05) is 17.8 Å². The van der Waals surface area contributed by atoms with Crippen molar-refractivity contribution in [2.24, 2.45) is 0 Å². The Morgan fingerprint density at radius 1 is 1.67 bits per heavy atom. The molecule has 2 heterocycles.